The second-order valence-electron chi connectivity index (χ2n) is 6.52. The zero-order valence-electron chi connectivity index (χ0n) is 17.6. The fourth-order valence-corrected chi connectivity index (χ4v) is 2.44. The van der Waals surface area contributed by atoms with Gasteiger partial charge in [-0.1, -0.05) is 42.5 Å². The number of carbonyl (C=O) groups excluding carboxylic acids is 4. The van der Waals surface area contributed by atoms with Crippen molar-refractivity contribution in [3.63, 3.8) is 0 Å². The summed E-state index contributed by atoms with van der Waals surface area (Å²) in [5.74, 6) is -1.09. The lowest BCUT2D eigenvalue weighted by Gasteiger charge is -2.08. The first-order chi connectivity index (χ1) is 15.5. The molecule has 168 valence electrons. The molecular weight excluding hydrogens is 414 g/mol. The Hall–Kier alpha value is -4.14. The lowest BCUT2D eigenvalue weighted by Crippen LogP contribution is -2.41. The molecule has 0 bridgehead atoms. The molecule has 0 saturated carbocycles. The molecule has 2 rings (SSSR count). The van der Waals surface area contributed by atoms with Crippen molar-refractivity contribution in [1.29, 1.82) is 0 Å². The molecule has 0 aliphatic heterocycles. The maximum Gasteiger partial charge on any atom is 0.321 e. The minimum Gasteiger partial charge on any atom is -0.497 e. The van der Waals surface area contributed by atoms with Crippen LogP contribution >= 0.6 is 0 Å². The van der Waals surface area contributed by atoms with E-state index in [1.54, 1.807) is 37.5 Å². The van der Waals surface area contributed by atoms with Gasteiger partial charge >= 0.3 is 12.0 Å². The normalized spacial score (nSPS) is 10.3. The van der Waals surface area contributed by atoms with Crippen LogP contribution in [0.3, 0.4) is 0 Å². The summed E-state index contributed by atoms with van der Waals surface area (Å²) in [6, 6.07) is 15.6. The van der Waals surface area contributed by atoms with Crippen molar-refractivity contribution < 1.29 is 28.7 Å². The third kappa shape index (κ3) is 9.57. The van der Waals surface area contributed by atoms with Gasteiger partial charge in [-0.3, -0.25) is 19.7 Å². The number of benzene rings is 2. The molecule has 0 aliphatic rings. The maximum atomic E-state index is 11.8. The van der Waals surface area contributed by atoms with Crippen LogP contribution in [-0.4, -0.2) is 44.1 Å². The van der Waals surface area contributed by atoms with Crippen molar-refractivity contribution in [1.82, 2.24) is 16.0 Å². The molecule has 9 heteroatoms. The third-order valence-corrected chi connectivity index (χ3v) is 4.08. The van der Waals surface area contributed by atoms with Gasteiger partial charge < -0.3 is 20.1 Å². The molecule has 0 atom stereocenters. The van der Waals surface area contributed by atoms with Crippen LogP contribution in [0.15, 0.2) is 60.7 Å². The molecule has 0 heterocycles. The number of imide groups is 1. The second-order valence-corrected chi connectivity index (χ2v) is 6.52. The van der Waals surface area contributed by atoms with Crippen LogP contribution in [0.4, 0.5) is 4.79 Å². The van der Waals surface area contributed by atoms with Crippen LogP contribution in [0.25, 0.3) is 6.08 Å². The van der Waals surface area contributed by atoms with Crippen LogP contribution in [0.1, 0.15) is 17.5 Å². The Morgan fingerprint density at radius 2 is 1.66 bits per heavy atom. The minimum atomic E-state index is -0.754. The summed E-state index contributed by atoms with van der Waals surface area (Å²) in [5, 5.41) is 7.13. The number of methoxy groups -OCH3 is 1. The van der Waals surface area contributed by atoms with Gasteiger partial charge in [-0.25, -0.2) is 4.79 Å². The predicted molar refractivity (Wildman–Crippen MR) is 117 cm³/mol. The van der Waals surface area contributed by atoms with Crippen molar-refractivity contribution in [3.8, 4) is 5.75 Å². The van der Waals surface area contributed by atoms with E-state index >= 15 is 0 Å². The smallest absolute Gasteiger partial charge is 0.321 e. The number of hydrogen-bond donors (Lipinski definition) is 3. The summed E-state index contributed by atoms with van der Waals surface area (Å²) in [6.07, 6.45) is 2.85. The Bertz CT molecular complexity index is 942. The molecule has 0 aliphatic carbocycles. The minimum absolute atomic E-state index is 0.0454. The average molecular weight is 439 g/mol. The fraction of sp³-hybridized carbons (Fsp3) is 0.217. The lowest BCUT2D eigenvalue weighted by atomic mass is 10.2. The summed E-state index contributed by atoms with van der Waals surface area (Å²) in [5.41, 5.74) is 1.70. The molecule has 32 heavy (non-hydrogen) atoms. The molecule has 2 aromatic carbocycles. The van der Waals surface area contributed by atoms with Gasteiger partial charge in [-0.15, -0.1) is 0 Å². The zero-order valence-corrected chi connectivity index (χ0v) is 17.6. The van der Waals surface area contributed by atoms with Crippen molar-refractivity contribution in [2.75, 3.05) is 20.3 Å². The predicted octanol–water partition coefficient (Wildman–Crippen LogP) is 1.78. The standard InChI is InChI=1S/C23H25N3O6/c1-31-19-10-7-17(8-11-19)9-12-20(27)24-14-13-22(29)32-16-21(28)26-23(30)25-15-18-5-3-2-4-6-18/h2-12H,13-16H2,1H3,(H,24,27)(H2,25,26,28,30)/b12-9+. The number of hydrogen-bond acceptors (Lipinski definition) is 6. The second kappa shape index (κ2) is 13.2. The highest BCUT2D eigenvalue weighted by Gasteiger charge is 2.11. The first kappa shape index (κ1) is 24.1. The van der Waals surface area contributed by atoms with Gasteiger partial charge in [0.15, 0.2) is 6.61 Å². The highest BCUT2D eigenvalue weighted by Crippen LogP contribution is 2.12. The van der Waals surface area contributed by atoms with Crippen molar-refractivity contribution in [2.24, 2.45) is 0 Å². The summed E-state index contributed by atoms with van der Waals surface area (Å²) >= 11 is 0. The highest BCUT2D eigenvalue weighted by atomic mass is 16.5. The number of amides is 4. The molecule has 4 amide bonds. The van der Waals surface area contributed by atoms with Gasteiger partial charge in [0.2, 0.25) is 5.91 Å². The molecular formula is C23H25N3O6. The molecule has 2 aromatic rings. The van der Waals surface area contributed by atoms with E-state index in [9.17, 15) is 19.2 Å². The monoisotopic (exact) mass is 439 g/mol. The Kier molecular flexibility index (Phi) is 9.97. The van der Waals surface area contributed by atoms with Crippen LogP contribution in [-0.2, 0) is 25.7 Å². The molecule has 0 spiro atoms. The fourth-order valence-electron chi connectivity index (χ4n) is 2.44. The largest absolute Gasteiger partial charge is 0.497 e. The van der Waals surface area contributed by atoms with E-state index in [1.807, 2.05) is 30.3 Å². The van der Waals surface area contributed by atoms with Gasteiger partial charge in [-0.05, 0) is 29.3 Å². The number of nitrogens with one attached hydrogen (secondary N) is 3. The van der Waals surface area contributed by atoms with E-state index in [4.69, 9.17) is 9.47 Å². The van der Waals surface area contributed by atoms with Crippen molar-refractivity contribution >= 4 is 29.9 Å². The van der Waals surface area contributed by atoms with E-state index in [0.29, 0.717) is 5.75 Å². The summed E-state index contributed by atoms with van der Waals surface area (Å²) in [6.45, 7) is -0.293. The van der Waals surface area contributed by atoms with Gasteiger partial charge in [0.25, 0.3) is 5.91 Å². The van der Waals surface area contributed by atoms with E-state index in [-0.39, 0.29) is 25.4 Å². The number of carbonyl (C=O) groups is 4. The molecule has 0 saturated heterocycles. The average Bonchev–Trinajstić information content (AvgIpc) is 2.81. The Morgan fingerprint density at radius 1 is 0.938 bits per heavy atom. The van der Waals surface area contributed by atoms with Crippen LogP contribution < -0.4 is 20.7 Å². The first-order valence-corrected chi connectivity index (χ1v) is 9.83. The highest BCUT2D eigenvalue weighted by molar-refractivity contribution is 5.95. The Morgan fingerprint density at radius 3 is 2.34 bits per heavy atom. The quantitative estimate of drug-likeness (QED) is 0.383. The number of esters is 1. The lowest BCUT2D eigenvalue weighted by molar-refractivity contribution is -0.148. The molecule has 0 radical (unpaired) electrons. The SMILES string of the molecule is COc1ccc(/C=C/C(=O)NCCC(=O)OCC(=O)NC(=O)NCc2ccccc2)cc1. The zero-order chi connectivity index (χ0) is 23.2. The van der Waals surface area contributed by atoms with Crippen LogP contribution in [0.2, 0.25) is 0 Å². The van der Waals surface area contributed by atoms with Crippen LogP contribution in [0, 0.1) is 0 Å². The van der Waals surface area contributed by atoms with Gasteiger partial charge in [0.05, 0.1) is 13.5 Å². The molecule has 9 nitrogen and oxygen atoms in total. The summed E-state index contributed by atoms with van der Waals surface area (Å²) < 4.78 is 9.85. The van der Waals surface area contributed by atoms with Crippen molar-refractivity contribution in [3.05, 3.63) is 71.8 Å². The van der Waals surface area contributed by atoms with Crippen LogP contribution in [0.5, 0.6) is 5.75 Å². The molecule has 0 aromatic heterocycles. The van der Waals surface area contributed by atoms with E-state index in [2.05, 4.69) is 16.0 Å². The van der Waals surface area contributed by atoms with Gasteiger partial charge in [0.1, 0.15) is 5.75 Å². The summed E-state index contributed by atoms with van der Waals surface area (Å²) in [7, 11) is 1.57. The van der Waals surface area contributed by atoms with Gasteiger partial charge in [-0.2, -0.15) is 0 Å². The molecule has 0 unspecified atom stereocenters. The van der Waals surface area contributed by atoms with E-state index < -0.39 is 24.5 Å². The number of urea groups is 1. The van der Waals surface area contributed by atoms with E-state index in [1.165, 1.54) is 6.08 Å². The van der Waals surface area contributed by atoms with Gasteiger partial charge in [0, 0.05) is 19.2 Å². The molecule has 0 fully saturated rings. The number of ether oxygens (including phenoxy) is 2. The Labute approximate surface area is 185 Å². The maximum absolute atomic E-state index is 11.8. The Balaban J connectivity index is 1.57. The summed E-state index contributed by atoms with van der Waals surface area (Å²) in [4.78, 5) is 46.8. The topological polar surface area (TPSA) is 123 Å². The molecule has 3 N–H and O–H groups in total. The number of rotatable bonds is 10. The first-order valence-electron chi connectivity index (χ1n) is 9.83. The van der Waals surface area contributed by atoms with E-state index in [0.717, 1.165) is 11.1 Å². The third-order valence-electron chi connectivity index (χ3n) is 4.08. The van der Waals surface area contributed by atoms with Crippen molar-refractivity contribution in [2.45, 2.75) is 13.0 Å².